The predicted molar refractivity (Wildman–Crippen MR) is 99.2 cm³/mol. The molecule has 1 N–H and O–H groups in total. The van der Waals surface area contributed by atoms with Crippen molar-refractivity contribution >= 4 is 5.91 Å². The second-order valence-corrected chi connectivity index (χ2v) is 9.58. The minimum atomic E-state index is -0.0224. The fourth-order valence-corrected chi connectivity index (χ4v) is 6.42. The highest BCUT2D eigenvalue weighted by atomic mass is 16.5. The molecule has 0 aromatic heterocycles. The van der Waals surface area contributed by atoms with Gasteiger partial charge in [-0.15, -0.1) is 0 Å². The minimum absolute atomic E-state index is 0.0224. The Bertz CT molecular complexity index is 451. The molecule has 5 fully saturated rings. The van der Waals surface area contributed by atoms with Crippen molar-refractivity contribution in [2.45, 2.75) is 64.8 Å². The van der Waals surface area contributed by atoms with Crippen LogP contribution in [0, 0.1) is 29.1 Å². The Balaban J connectivity index is 1.43. The largest absolute Gasteiger partial charge is 0.379 e. The number of nitrogens with zero attached hydrogens (tertiary/aromatic N) is 1. The number of hydrogen-bond acceptors (Lipinski definition) is 3. The lowest BCUT2D eigenvalue weighted by Crippen LogP contribution is -2.58. The van der Waals surface area contributed by atoms with Gasteiger partial charge in [0.2, 0.25) is 5.91 Å². The summed E-state index contributed by atoms with van der Waals surface area (Å²) in [6.07, 6.45) is 8.80. The molecule has 0 spiro atoms. The number of carbonyl (C=O) groups is 1. The van der Waals surface area contributed by atoms with E-state index in [2.05, 4.69) is 24.1 Å². The molecule has 1 aliphatic heterocycles. The molecule has 1 saturated heterocycles. The molecular formula is C21H36N2O2. The van der Waals surface area contributed by atoms with Gasteiger partial charge in [-0.2, -0.15) is 0 Å². The van der Waals surface area contributed by atoms with Crippen molar-refractivity contribution in [3.63, 3.8) is 0 Å². The zero-order valence-corrected chi connectivity index (χ0v) is 16.1. The molecule has 5 aliphatic rings. The van der Waals surface area contributed by atoms with E-state index in [1.54, 1.807) is 0 Å². The predicted octanol–water partition coefficient (Wildman–Crippen LogP) is 3.07. The van der Waals surface area contributed by atoms with Crippen LogP contribution in [-0.2, 0) is 9.53 Å². The summed E-state index contributed by atoms with van der Waals surface area (Å²) in [4.78, 5) is 15.9. The van der Waals surface area contributed by atoms with Gasteiger partial charge in [-0.25, -0.2) is 0 Å². The molecule has 0 aromatic carbocycles. The van der Waals surface area contributed by atoms with E-state index in [4.69, 9.17) is 4.74 Å². The van der Waals surface area contributed by atoms with Gasteiger partial charge in [0.05, 0.1) is 13.2 Å². The first-order valence-electron chi connectivity index (χ1n) is 10.7. The third-order valence-corrected chi connectivity index (χ3v) is 7.73. The first kappa shape index (κ1) is 17.8. The summed E-state index contributed by atoms with van der Waals surface area (Å²) in [6.45, 7) is 9.18. The van der Waals surface area contributed by atoms with E-state index >= 15 is 0 Å². The Hall–Kier alpha value is -0.610. The van der Waals surface area contributed by atoms with Gasteiger partial charge < -0.3 is 10.1 Å². The summed E-state index contributed by atoms with van der Waals surface area (Å²) in [6, 6.07) is 0.281. The number of morpholine rings is 1. The van der Waals surface area contributed by atoms with Crippen LogP contribution in [0.25, 0.3) is 0 Å². The highest BCUT2D eigenvalue weighted by Gasteiger charge is 2.54. The zero-order valence-electron chi connectivity index (χ0n) is 16.1. The van der Waals surface area contributed by atoms with Crippen LogP contribution in [0.2, 0.25) is 0 Å². The van der Waals surface area contributed by atoms with Crippen LogP contribution in [0.15, 0.2) is 0 Å². The highest BCUT2D eigenvalue weighted by Crippen LogP contribution is 2.60. The lowest BCUT2D eigenvalue weighted by molar-refractivity contribution is -0.147. The molecule has 0 radical (unpaired) electrons. The van der Waals surface area contributed by atoms with Gasteiger partial charge in [0.15, 0.2) is 0 Å². The third-order valence-electron chi connectivity index (χ3n) is 7.73. The van der Waals surface area contributed by atoms with Crippen molar-refractivity contribution in [1.29, 1.82) is 0 Å². The van der Waals surface area contributed by atoms with Crippen LogP contribution in [0.1, 0.15) is 58.8 Å². The quantitative estimate of drug-likeness (QED) is 0.802. The van der Waals surface area contributed by atoms with Crippen molar-refractivity contribution in [1.82, 2.24) is 10.2 Å². The lowest BCUT2D eigenvalue weighted by atomic mass is 9.49. The van der Waals surface area contributed by atoms with E-state index in [1.807, 2.05) is 0 Å². The van der Waals surface area contributed by atoms with E-state index < -0.39 is 0 Å². The van der Waals surface area contributed by atoms with E-state index in [0.29, 0.717) is 11.8 Å². The molecular weight excluding hydrogens is 312 g/mol. The fraction of sp³-hybridized carbons (Fsp3) is 0.952. The zero-order chi connectivity index (χ0) is 17.4. The van der Waals surface area contributed by atoms with Crippen molar-refractivity contribution in [2.75, 3.05) is 32.8 Å². The summed E-state index contributed by atoms with van der Waals surface area (Å²) in [5, 5.41) is 3.55. The number of rotatable bonds is 6. The molecule has 0 unspecified atom stereocenters. The van der Waals surface area contributed by atoms with E-state index in [1.165, 1.54) is 19.3 Å². The normalized spacial score (nSPS) is 40.0. The van der Waals surface area contributed by atoms with Gasteiger partial charge in [0.1, 0.15) is 0 Å². The average molecular weight is 349 g/mol. The summed E-state index contributed by atoms with van der Waals surface area (Å²) < 4.78 is 5.48. The molecule has 142 valence electrons. The maximum atomic E-state index is 13.4. The Kier molecular flexibility index (Phi) is 5.11. The first-order chi connectivity index (χ1) is 12.1. The summed E-state index contributed by atoms with van der Waals surface area (Å²) in [5.74, 6) is 3.42. The Labute approximate surface area is 153 Å². The monoisotopic (exact) mass is 348 g/mol. The fourth-order valence-electron chi connectivity index (χ4n) is 6.42. The smallest absolute Gasteiger partial charge is 0.226 e. The number of carbonyl (C=O) groups excluding carboxylic acids is 1. The standard InChI is InChI=1S/C21H36N2O2/c1-3-15(2)19(14-23-4-6-25-7-5-23)22-20(24)21-11-16-8-17(12-21)10-18(9-16)13-21/h15-19H,3-14H2,1-2H3,(H,22,24)/t15-,16?,17?,18?,19+,21?/m0/s1. The van der Waals surface area contributed by atoms with Gasteiger partial charge >= 0.3 is 0 Å². The molecule has 2 atom stereocenters. The summed E-state index contributed by atoms with van der Waals surface area (Å²) in [5.41, 5.74) is -0.0224. The van der Waals surface area contributed by atoms with Crippen LogP contribution < -0.4 is 5.32 Å². The van der Waals surface area contributed by atoms with Crippen LogP contribution in [0.4, 0.5) is 0 Å². The SMILES string of the molecule is CC[C@H](C)[C@@H](CN1CCOCC1)NC(=O)C12CC3CC(CC(C3)C1)C2. The van der Waals surface area contributed by atoms with Crippen LogP contribution in [-0.4, -0.2) is 49.7 Å². The van der Waals surface area contributed by atoms with Gasteiger partial charge in [0, 0.05) is 31.1 Å². The average Bonchev–Trinajstić information content (AvgIpc) is 2.60. The van der Waals surface area contributed by atoms with Gasteiger partial charge in [-0.05, 0) is 62.2 Å². The number of nitrogens with one attached hydrogen (secondary N) is 1. The van der Waals surface area contributed by atoms with E-state index in [0.717, 1.165) is 76.3 Å². The molecule has 1 amide bonds. The Morgan fingerprint density at radius 1 is 1.12 bits per heavy atom. The lowest BCUT2D eigenvalue weighted by Gasteiger charge is -2.56. The van der Waals surface area contributed by atoms with Crippen molar-refractivity contribution < 1.29 is 9.53 Å². The van der Waals surface area contributed by atoms with Crippen molar-refractivity contribution in [2.24, 2.45) is 29.1 Å². The number of amides is 1. The highest BCUT2D eigenvalue weighted by molar-refractivity contribution is 5.83. The maximum absolute atomic E-state index is 13.4. The first-order valence-corrected chi connectivity index (χ1v) is 10.7. The second-order valence-electron chi connectivity index (χ2n) is 9.58. The topological polar surface area (TPSA) is 41.6 Å². The summed E-state index contributed by atoms with van der Waals surface area (Å²) >= 11 is 0. The molecule has 4 nitrogen and oxygen atoms in total. The van der Waals surface area contributed by atoms with Gasteiger partial charge in [-0.3, -0.25) is 9.69 Å². The molecule has 4 heteroatoms. The van der Waals surface area contributed by atoms with E-state index in [9.17, 15) is 4.79 Å². The molecule has 4 aliphatic carbocycles. The minimum Gasteiger partial charge on any atom is -0.379 e. The third kappa shape index (κ3) is 3.62. The van der Waals surface area contributed by atoms with Crippen LogP contribution >= 0.6 is 0 Å². The molecule has 5 rings (SSSR count). The van der Waals surface area contributed by atoms with Gasteiger partial charge in [-0.1, -0.05) is 20.3 Å². The molecule has 4 bridgehead atoms. The molecule has 0 aromatic rings. The summed E-state index contributed by atoms with van der Waals surface area (Å²) in [7, 11) is 0. The molecule has 4 saturated carbocycles. The van der Waals surface area contributed by atoms with Crippen molar-refractivity contribution in [3.05, 3.63) is 0 Å². The number of ether oxygens (including phenoxy) is 1. The Morgan fingerprint density at radius 2 is 1.68 bits per heavy atom. The molecule has 1 heterocycles. The van der Waals surface area contributed by atoms with Crippen LogP contribution in [0.5, 0.6) is 0 Å². The van der Waals surface area contributed by atoms with Crippen molar-refractivity contribution in [3.8, 4) is 0 Å². The van der Waals surface area contributed by atoms with E-state index in [-0.39, 0.29) is 11.5 Å². The van der Waals surface area contributed by atoms with Crippen LogP contribution in [0.3, 0.4) is 0 Å². The maximum Gasteiger partial charge on any atom is 0.226 e. The van der Waals surface area contributed by atoms with Gasteiger partial charge in [0.25, 0.3) is 0 Å². The molecule has 25 heavy (non-hydrogen) atoms. The second kappa shape index (κ2) is 7.19. The Morgan fingerprint density at radius 3 is 2.20 bits per heavy atom. The number of hydrogen-bond donors (Lipinski definition) is 1.